The largest absolute Gasteiger partial charge is 0.363 e. The molecular formula is C13H21N5O3. The lowest BCUT2D eigenvalue weighted by molar-refractivity contribution is -0.384. The van der Waals surface area contributed by atoms with E-state index in [2.05, 4.69) is 15.7 Å². The molecule has 0 aromatic carbocycles. The number of aromatic nitrogens is 2. The summed E-state index contributed by atoms with van der Waals surface area (Å²) in [5.74, 6) is 0.635. The van der Waals surface area contributed by atoms with Gasteiger partial charge in [-0.15, -0.1) is 0 Å². The van der Waals surface area contributed by atoms with Crippen LogP contribution in [0.5, 0.6) is 0 Å². The first-order chi connectivity index (χ1) is 9.91. The highest BCUT2D eigenvalue weighted by molar-refractivity contribution is 5.80. The predicted molar refractivity (Wildman–Crippen MR) is 78.2 cm³/mol. The molecule has 1 amide bonds. The van der Waals surface area contributed by atoms with Crippen molar-refractivity contribution in [1.82, 2.24) is 15.1 Å². The molecule has 0 bridgehead atoms. The lowest BCUT2D eigenvalue weighted by Gasteiger charge is -2.12. The van der Waals surface area contributed by atoms with Gasteiger partial charge in [-0.1, -0.05) is 0 Å². The Balaban J connectivity index is 1.99. The van der Waals surface area contributed by atoms with Crippen molar-refractivity contribution in [3.8, 4) is 0 Å². The normalized spacial score (nSPS) is 14.3. The first-order valence-electron chi connectivity index (χ1n) is 7.17. The van der Waals surface area contributed by atoms with Crippen LogP contribution in [0.25, 0.3) is 0 Å². The Hall–Kier alpha value is -2.12. The van der Waals surface area contributed by atoms with Gasteiger partial charge in [0.15, 0.2) is 0 Å². The molecule has 0 radical (unpaired) electrons. The molecular weight excluding hydrogens is 274 g/mol. The van der Waals surface area contributed by atoms with Crippen molar-refractivity contribution in [2.45, 2.75) is 39.7 Å². The van der Waals surface area contributed by atoms with Gasteiger partial charge in [0.25, 0.3) is 0 Å². The highest BCUT2D eigenvalue weighted by Crippen LogP contribution is 2.30. The molecule has 8 heteroatoms. The van der Waals surface area contributed by atoms with Crippen LogP contribution in [0.2, 0.25) is 0 Å². The second-order valence-electron chi connectivity index (χ2n) is 5.57. The first-order valence-corrected chi connectivity index (χ1v) is 7.17. The molecule has 1 fully saturated rings. The van der Waals surface area contributed by atoms with E-state index in [1.165, 1.54) is 0 Å². The van der Waals surface area contributed by atoms with Crippen LogP contribution in [-0.2, 0) is 4.79 Å². The molecule has 1 heterocycles. The second-order valence-corrected chi connectivity index (χ2v) is 5.57. The van der Waals surface area contributed by atoms with Crippen LogP contribution in [0.4, 0.5) is 11.5 Å². The van der Waals surface area contributed by atoms with E-state index < -0.39 is 4.92 Å². The highest BCUT2D eigenvalue weighted by Gasteiger charge is 2.29. The van der Waals surface area contributed by atoms with Crippen molar-refractivity contribution in [3.05, 3.63) is 15.8 Å². The molecule has 0 saturated heterocycles. The molecule has 1 aliphatic rings. The van der Waals surface area contributed by atoms with Crippen LogP contribution in [0, 0.1) is 23.0 Å². The van der Waals surface area contributed by atoms with Crippen molar-refractivity contribution in [3.63, 3.8) is 0 Å². The zero-order valence-electron chi connectivity index (χ0n) is 12.5. The zero-order valence-corrected chi connectivity index (χ0v) is 12.5. The van der Waals surface area contributed by atoms with Gasteiger partial charge in [0.1, 0.15) is 5.69 Å². The number of nitrogens with zero attached hydrogens (tertiary/aromatic N) is 3. The lowest BCUT2D eigenvalue weighted by atomic mass is 10.3. The number of nitro groups is 1. The number of anilines is 1. The smallest absolute Gasteiger partial charge is 0.333 e. The molecule has 2 N–H and O–H groups in total. The van der Waals surface area contributed by atoms with E-state index in [0.717, 1.165) is 12.8 Å². The molecule has 21 heavy (non-hydrogen) atoms. The number of hydrogen-bond acceptors (Lipinski definition) is 5. The van der Waals surface area contributed by atoms with E-state index in [4.69, 9.17) is 0 Å². The predicted octanol–water partition coefficient (Wildman–Crippen LogP) is 1.62. The molecule has 1 aromatic heterocycles. The van der Waals surface area contributed by atoms with Gasteiger partial charge < -0.3 is 10.6 Å². The monoisotopic (exact) mass is 295 g/mol. The lowest BCUT2D eigenvalue weighted by Crippen LogP contribution is -2.30. The maximum Gasteiger partial charge on any atom is 0.333 e. The van der Waals surface area contributed by atoms with Crippen LogP contribution in [-0.4, -0.2) is 33.7 Å². The molecule has 2 rings (SSSR count). The van der Waals surface area contributed by atoms with Crippen LogP contribution in [0.15, 0.2) is 0 Å². The quantitative estimate of drug-likeness (QED) is 0.452. The van der Waals surface area contributed by atoms with Gasteiger partial charge in [-0.05, 0) is 33.6 Å². The maximum atomic E-state index is 11.5. The van der Waals surface area contributed by atoms with Crippen LogP contribution in [0.1, 0.15) is 38.4 Å². The SMILES string of the molecule is Cc1nn(C(C)C)c(NCCNC(=O)C2CC2)c1[N+](=O)[O-]. The van der Waals surface area contributed by atoms with Crippen molar-refractivity contribution in [1.29, 1.82) is 0 Å². The Kier molecular flexibility index (Phi) is 4.44. The number of rotatable bonds is 7. The van der Waals surface area contributed by atoms with Crippen molar-refractivity contribution < 1.29 is 9.72 Å². The van der Waals surface area contributed by atoms with E-state index in [1.54, 1.807) is 11.6 Å². The summed E-state index contributed by atoms with van der Waals surface area (Å²) < 4.78 is 1.61. The maximum absolute atomic E-state index is 11.5. The second kappa shape index (κ2) is 6.11. The summed E-state index contributed by atoms with van der Waals surface area (Å²) in [5.41, 5.74) is 0.385. The van der Waals surface area contributed by atoms with Gasteiger partial charge >= 0.3 is 5.69 Å². The fourth-order valence-electron chi connectivity index (χ4n) is 2.15. The third-order valence-corrected chi connectivity index (χ3v) is 3.39. The topological polar surface area (TPSA) is 102 Å². The van der Waals surface area contributed by atoms with E-state index in [1.807, 2.05) is 13.8 Å². The third kappa shape index (κ3) is 3.50. The van der Waals surface area contributed by atoms with E-state index in [9.17, 15) is 14.9 Å². The van der Waals surface area contributed by atoms with Crippen molar-refractivity contribution in [2.24, 2.45) is 5.92 Å². The Morgan fingerprint density at radius 1 is 1.48 bits per heavy atom. The molecule has 1 aliphatic carbocycles. The fourth-order valence-corrected chi connectivity index (χ4v) is 2.15. The molecule has 0 atom stereocenters. The molecule has 8 nitrogen and oxygen atoms in total. The van der Waals surface area contributed by atoms with E-state index >= 15 is 0 Å². The van der Waals surface area contributed by atoms with Gasteiger partial charge in [-0.3, -0.25) is 14.9 Å². The summed E-state index contributed by atoms with van der Waals surface area (Å²) in [5, 5.41) is 21.2. The average molecular weight is 295 g/mol. The Labute approximate surface area is 123 Å². The van der Waals surface area contributed by atoms with Gasteiger partial charge in [-0.25, -0.2) is 4.68 Å². The van der Waals surface area contributed by atoms with E-state index in [0.29, 0.717) is 24.6 Å². The van der Waals surface area contributed by atoms with Gasteiger partial charge in [0, 0.05) is 25.0 Å². The molecule has 116 valence electrons. The van der Waals surface area contributed by atoms with Gasteiger partial charge in [-0.2, -0.15) is 5.10 Å². The number of nitrogens with one attached hydrogen (secondary N) is 2. The van der Waals surface area contributed by atoms with Crippen LogP contribution < -0.4 is 10.6 Å². The first kappa shape index (κ1) is 15.3. The number of hydrogen-bond donors (Lipinski definition) is 2. The van der Waals surface area contributed by atoms with Crippen LogP contribution >= 0.6 is 0 Å². The average Bonchev–Trinajstić information content (AvgIpc) is 3.18. The molecule has 0 unspecified atom stereocenters. The summed E-state index contributed by atoms with van der Waals surface area (Å²) in [6, 6.07) is 0.0148. The molecule has 1 saturated carbocycles. The highest BCUT2D eigenvalue weighted by atomic mass is 16.6. The molecule has 0 spiro atoms. The van der Waals surface area contributed by atoms with Crippen LogP contribution in [0.3, 0.4) is 0 Å². The van der Waals surface area contributed by atoms with Gasteiger partial charge in [0.05, 0.1) is 4.92 Å². The Bertz CT molecular complexity index is 548. The zero-order chi connectivity index (χ0) is 15.6. The minimum Gasteiger partial charge on any atom is -0.363 e. The summed E-state index contributed by atoms with van der Waals surface area (Å²) >= 11 is 0. The van der Waals surface area contributed by atoms with E-state index in [-0.39, 0.29) is 23.6 Å². The number of amides is 1. The fraction of sp³-hybridized carbons (Fsp3) is 0.692. The Morgan fingerprint density at radius 2 is 2.14 bits per heavy atom. The van der Waals surface area contributed by atoms with Crippen molar-refractivity contribution in [2.75, 3.05) is 18.4 Å². The summed E-state index contributed by atoms with van der Waals surface area (Å²) in [7, 11) is 0. The summed E-state index contributed by atoms with van der Waals surface area (Å²) in [6.45, 7) is 6.31. The molecule has 1 aromatic rings. The molecule has 0 aliphatic heterocycles. The number of carbonyl (C=O) groups excluding carboxylic acids is 1. The van der Waals surface area contributed by atoms with Gasteiger partial charge in [0.2, 0.25) is 11.7 Å². The number of carbonyl (C=O) groups is 1. The standard InChI is InChI=1S/C13H21N5O3/c1-8(2)17-12(11(18(20)21)9(3)16-17)14-6-7-15-13(19)10-4-5-10/h8,10,14H,4-7H2,1-3H3,(H,15,19). The Morgan fingerprint density at radius 3 is 2.67 bits per heavy atom. The summed E-state index contributed by atoms with van der Waals surface area (Å²) in [4.78, 5) is 22.2. The minimum atomic E-state index is -0.424. The van der Waals surface area contributed by atoms with Crippen molar-refractivity contribution >= 4 is 17.4 Å². The minimum absolute atomic E-state index is 0.00257. The summed E-state index contributed by atoms with van der Waals surface area (Å²) in [6.07, 6.45) is 1.92. The number of aryl methyl sites for hydroxylation is 1. The third-order valence-electron chi connectivity index (χ3n) is 3.39.